The van der Waals surface area contributed by atoms with Crippen molar-refractivity contribution < 1.29 is 18.7 Å². The van der Waals surface area contributed by atoms with Gasteiger partial charge in [0, 0.05) is 29.9 Å². The van der Waals surface area contributed by atoms with Gasteiger partial charge >= 0.3 is 0 Å². The number of imidazole rings is 1. The number of benzene rings is 4. The fourth-order valence-corrected chi connectivity index (χ4v) is 6.59. The van der Waals surface area contributed by atoms with E-state index in [0.717, 1.165) is 17.5 Å². The minimum absolute atomic E-state index is 0.161. The Hall–Kier alpha value is -5.91. The molecule has 4 aromatic carbocycles. The molecule has 0 radical (unpaired) electrons. The molecule has 1 aliphatic heterocycles. The molecule has 0 N–H and O–H groups in total. The molecule has 1 aliphatic rings. The molecule has 228 valence electrons. The summed E-state index contributed by atoms with van der Waals surface area (Å²) in [5, 5.41) is 32.7. The van der Waals surface area contributed by atoms with Crippen molar-refractivity contribution in [3.63, 3.8) is 0 Å². The Morgan fingerprint density at radius 1 is 1.07 bits per heavy atom. The number of carbonyl (C=O) groups is 1. The molecule has 6 rings (SSSR count). The molecule has 0 saturated carbocycles. The number of hydrogen-bond donors (Lipinski definition) is 0. The zero-order valence-electron chi connectivity index (χ0n) is 25.0. The second-order valence-corrected chi connectivity index (χ2v) is 11.3. The Labute approximate surface area is 264 Å². The first-order chi connectivity index (χ1) is 22.3. The molecule has 1 amide bonds. The van der Waals surface area contributed by atoms with Crippen LogP contribution in [0.25, 0.3) is 16.4 Å². The van der Waals surface area contributed by atoms with E-state index < -0.39 is 33.7 Å². The molecule has 2 unspecified atom stereocenters. The number of non-ortho nitro benzene ring substituents is 1. The number of nitro benzene ring substituents is 1. The predicted molar refractivity (Wildman–Crippen MR) is 172 cm³/mol. The van der Waals surface area contributed by atoms with Crippen molar-refractivity contribution in [2.24, 2.45) is 0 Å². The van der Waals surface area contributed by atoms with E-state index in [1.54, 1.807) is 0 Å². The highest BCUT2D eigenvalue weighted by molar-refractivity contribution is 6.13. The minimum atomic E-state index is -1.99. The molecular weight excluding hydrogens is 583 g/mol. The Bertz CT molecular complexity index is 2060. The van der Waals surface area contributed by atoms with Crippen molar-refractivity contribution >= 4 is 34.2 Å². The van der Waals surface area contributed by atoms with Crippen LogP contribution >= 0.6 is 0 Å². The summed E-state index contributed by atoms with van der Waals surface area (Å²) in [6, 6.07) is 28.0. The molecule has 10 heteroatoms. The Morgan fingerprint density at radius 3 is 2.46 bits per heavy atom. The number of aromatic nitrogens is 2. The van der Waals surface area contributed by atoms with Crippen LogP contribution in [0.5, 0.6) is 0 Å². The van der Waals surface area contributed by atoms with E-state index in [1.165, 1.54) is 47.4 Å². The number of halogens is 1. The van der Waals surface area contributed by atoms with Crippen molar-refractivity contribution in [3.05, 3.63) is 147 Å². The van der Waals surface area contributed by atoms with Gasteiger partial charge in [0.05, 0.1) is 10.5 Å². The first-order valence-electron chi connectivity index (χ1n) is 14.9. The molecule has 0 bridgehead atoms. The van der Waals surface area contributed by atoms with Crippen LogP contribution in [0.15, 0.2) is 109 Å². The number of nitrogens with zero attached hydrogens (tertiary/aromatic N) is 6. The first kappa shape index (κ1) is 30.1. The van der Waals surface area contributed by atoms with Gasteiger partial charge in [0.15, 0.2) is 22.5 Å². The topological polar surface area (TPSA) is 118 Å². The summed E-state index contributed by atoms with van der Waals surface area (Å²) in [7, 11) is 0. The molecule has 0 aliphatic carbocycles. The average Bonchev–Trinajstić information content (AvgIpc) is 3.54. The molecule has 1 aromatic heterocycles. The van der Waals surface area contributed by atoms with Crippen LogP contribution in [0.2, 0.25) is 0 Å². The van der Waals surface area contributed by atoms with Crippen LogP contribution in [0.3, 0.4) is 0 Å². The highest BCUT2D eigenvalue weighted by atomic mass is 19.1. The second kappa shape index (κ2) is 12.2. The lowest BCUT2D eigenvalue weighted by Gasteiger charge is -2.34. The maximum absolute atomic E-state index is 15.2. The highest BCUT2D eigenvalue weighted by Crippen LogP contribution is 2.54. The van der Waals surface area contributed by atoms with Gasteiger partial charge in [-0.05, 0) is 60.0 Å². The van der Waals surface area contributed by atoms with Gasteiger partial charge in [-0.15, -0.1) is 0 Å². The maximum Gasteiger partial charge on any atom is 0.269 e. The van der Waals surface area contributed by atoms with E-state index in [4.69, 9.17) is 0 Å². The van der Waals surface area contributed by atoms with Crippen molar-refractivity contribution in [3.8, 4) is 6.07 Å². The number of nitriles is 1. The van der Waals surface area contributed by atoms with E-state index in [1.807, 2.05) is 88.9 Å². The molecule has 0 saturated heterocycles. The molecule has 46 heavy (non-hydrogen) atoms. The lowest BCUT2D eigenvalue weighted by Crippen LogP contribution is -2.49. The molecule has 2 heterocycles. The van der Waals surface area contributed by atoms with Crippen LogP contribution < -0.4 is 9.47 Å². The molecule has 2 atom stereocenters. The highest BCUT2D eigenvalue weighted by Gasteiger charge is 2.61. The summed E-state index contributed by atoms with van der Waals surface area (Å²) in [4.78, 5) is 27.7. The van der Waals surface area contributed by atoms with E-state index in [9.17, 15) is 20.8 Å². The number of para-hydroxylation sites is 2. The third-order valence-electron chi connectivity index (χ3n) is 8.65. The maximum atomic E-state index is 15.2. The van der Waals surface area contributed by atoms with Crippen molar-refractivity contribution in [2.45, 2.75) is 37.8 Å². The van der Waals surface area contributed by atoms with Gasteiger partial charge in [-0.1, -0.05) is 55.8 Å². The average molecular weight is 613 g/mol. The molecule has 0 spiro atoms. The van der Waals surface area contributed by atoms with Gasteiger partial charge in [0.2, 0.25) is 12.2 Å². The van der Waals surface area contributed by atoms with Crippen molar-refractivity contribution in [1.82, 2.24) is 4.57 Å². The molecule has 0 fully saturated rings. The van der Waals surface area contributed by atoms with Gasteiger partial charge in [0.1, 0.15) is 18.4 Å². The van der Waals surface area contributed by atoms with Gasteiger partial charge in [-0.3, -0.25) is 20.8 Å². The number of carbonyl (C=O) groups excluding carboxylic acids is 1. The summed E-state index contributed by atoms with van der Waals surface area (Å²) in [5.74, 6) is 0.849. The predicted octanol–water partition coefficient (Wildman–Crippen LogP) is 6.39. The quantitative estimate of drug-likeness (QED) is 0.0597. The van der Waals surface area contributed by atoms with E-state index in [-0.39, 0.29) is 11.3 Å². The third kappa shape index (κ3) is 4.84. The van der Waals surface area contributed by atoms with Gasteiger partial charge in [0.25, 0.3) is 5.69 Å². The fraction of sp³-hybridized carbons (Fsp3) is 0.194. The Balaban J connectivity index is 1.72. The van der Waals surface area contributed by atoms with Gasteiger partial charge in [-0.2, -0.15) is 5.26 Å². The number of hydrogen-bond acceptors (Lipinski definition) is 4. The number of fused-ring (bicyclic) bond motifs is 2. The zero-order chi connectivity index (χ0) is 32.4. The van der Waals surface area contributed by atoms with Crippen LogP contribution in [-0.4, -0.2) is 27.8 Å². The molecular formula is C36H29FN6O3. The minimum Gasteiger partial charge on any atom is -0.762 e. The largest absolute Gasteiger partial charge is 0.762 e. The van der Waals surface area contributed by atoms with Crippen molar-refractivity contribution in [1.29, 1.82) is 5.26 Å². The number of nitro groups is 1. The smallest absolute Gasteiger partial charge is 0.269 e. The van der Waals surface area contributed by atoms with Gasteiger partial charge < -0.3 is 10.3 Å². The SMILES string of the molecule is CCCCN1C(=O)C(C(=C=[N-])C#N)(C(c2ccc([N+](=O)[O-])cc2)n2c[n+](Cc3ccccc3)c3ccccc32)c2cc(F)ccc21. The summed E-state index contributed by atoms with van der Waals surface area (Å²) in [6.07, 6.45) is 3.24. The second-order valence-electron chi connectivity index (χ2n) is 11.3. The molecule has 9 nitrogen and oxygen atoms in total. The zero-order valence-corrected chi connectivity index (χ0v) is 25.0. The van der Waals surface area contributed by atoms with Crippen LogP contribution in [0.4, 0.5) is 15.8 Å². The van der Waals surface area contributed by atoms with Crippen LogP contribution in [0, 0.1) is 27.3 Å². The van der Waals surface area contributed by atoms with Crippen molar-refractivity contribution in [2.75, 3.05) is 11.4 Å². The van der Waals surface area contributed by atoms with E-state index in [0.29, 0.717) is 36.3 Å². The van der Waals surface area contributed by atoms with Gasteiger partial charge in [-0.25, -0.2) is 13.5 Å². The van der Waals surface area contributed by atoms with Crippen LogP contribution in [0.1, 0.15) is 42.5 Å². The van der Waals surface area contributed by atoms with E-state index >= 15 is 9.18 Å². The van der Waals surface area contributed by atoms with E-state index in [2.05, 4.69) is 0 Å². The summed E-state index contributed by atoms with van der Waals surface area (Å²) in [5.41, 5.74) is 1.02. The summed E-state index contributed by atoms with van der Waals surface area (Å²) in [6.45, 7) is 2.76. The summed E-state index contributed by atoms with van der Waals surface area (Å²) < 4.78 is 19.0. The number of anilines is 1. The molecule has 5 aromatic rings. The lowest BCUT2D eigenvalue weighted by molar-refractivity contribution is -0.663. The standard InChI is InChI=1S/C36H29FN6O3/c1-2-3-19-41-31-18-15-28(37)20-30(31)36(35(41)44,27(21-38)22-39)34(26-13-16-29(17-14-26)43(45)46)42-24-40(23-25-9-5-4-6-10-25)32-11-7-8-12-33(32)42/h4-18,20,24,34H,2-3,19,23H2,1H3. The monoisotopic (exact) mass is 612 g/mol. The number of rotatable bonds is 10. The first-order valence-corrected chi connectivity index (χ1v) is 14.9. The fourth-order valence-electron chi connectivity index (χ4n) is 6.59. The lowest BCUT2D eigenvalue weighted by atomic mass is 9.67. The van der Waals surface area contributed by atoms with Crippen LogP contribution in [-0.2, 0) is 16.8 Å². The third-order valence-corrected chi connectivity index (χ3v) is 8.65. The normalized spacial score (nSPS) is 16.1. The summed E-state index contributed by atoms with van der Waals surface area (Å²) >= 11 is 0. The Kier molecular flexibility index (Phi) is 8.01. The number of unbranched alkanes of at least 4 members (excludes halogenated alkanes) is 1. The Morgan fingerprint density at radius 2 is 1.78 bits per heavy atom. The number of amides is 1.